The quantitative estimate of drug-likeness (QED) is 0.745. The second-order valence-corrected chi connectivity index (χ2v) is 6.05. The van der Waals surface area contributed by atoms with E-state index in [1.807, 2.05) is 12.5 Å². The van der Waals surface area contributed by atoms with Gasteiger partial charge in [-0.05, 0) is 32.9 Å². The molecule has 0 aromatic carbocycles. The summed E-state index contributed by atoms with van der Waals surface area (Å²) >= 11 is 0. The van der Waals surface area contributed by atoms with Gasteiger partial charge in [-0.2, -0.15) is 0 Å². The molecule has 1 aromatic rings. The number of rotatable bonds is 9. The number of aromatic nitrogens is 2. The van der Waals surface area contributed by atoms with Gasteiger partial charge in [0.2, 0.25) is 0 Å². The van der Waals surface area contributed by atoms with E-state index in [4.69, 9.17) is 0 Å². The van der Waals surface area contributed by atoms with Crippen molar-refractivity contribution in [1.29, 1.82) is 0 Å². The van der Waals surface area contributed by atoms with Crippen molar-refractivity contribution < 1.29 is 0 Å². The van der Waals surface area contributed by atoms with Gasteiger partial charge in [0, 0.05) is 31.9 Å². The van der Waals surface area contributed by atoms with Crippen LogP contribution in [-0.2, 0) is 13.1 Å². The van der Waals surface area contributed by atoms with E-state index in [2.05, 4.69) is 54.6 Å². The number of nitrogens with one attached hydrogen (secondary N) is 1. The molecule has 0 saturated heterocycles. The van der Waals surface area contributed by atoms with Crippen LogP contribution in [0.15, 0.2) is 12.5 Å². The molecular weight excluding hydrogens is 236 g/mol. The first-order chi connectivity index (χ1) is 9.02. The zero-order chi connectivity index (χ0) is 14.3. The highest BCUT2D eigenvalue weighted by Crippen LogP contribution is 2.07. The Balaban J connectivity index is 2.51. The van der Waals surface area contributed by atoms with Crippen LogP contribution >= 0.6 is 0 Å². The van der Waals surface area contributed by atoms with Crippen molar-refractivity contribution >= 4 is 0 Å². The molecule has 1 heterocycles. The van der Waals surface area contributed by atoms with E-state index in [-0.39, 0.29) is 0 Å². The first kappa shape index (κ1) is 16.2. The number of nitrogens with zero attached hydrogens (tertiary/aromatic N) is 3. The maximum Gasteiger partial charge on any atom is 0.0948 e. The molecule has 110 valence electrons. The van der Waals surface area contributed by atoms with Crippen LogP contribution in [-0.4, -0.2) is 41.1 Å². The van der Waals surface area contributed by atoms with E-state index in [0.29, 0.717) is 6.04 Å². The molecule has 19 heavy (non-hydrogen) atoms. The van der Waals surface area contributed by atoms with Crippen LogP contribution in [0.4, 0.5) is 0 Å². The summed E-state index contributed by atoms with van der Waals surface area (Å²) in [6, 6.07) is 0.542. The smallest absolute Gasteiger partial charge is 0.0948 e. The normalized spacial score (nSPS) is 13.4. The van der Waals surface area contributed by atoms with Crippen LogP contribution in [0.25, 0.3) is 0 Å². The van der Waals surface area contributed by atoms with E-state index < -0.39 is 0 Å². The van der Waals surface area contributed by atoms with Gasteiger partial charge in [-0.3, -0.25) is 0 Å². The van der Waals surface area contributed by atoms with E-state index in [1.54, 1.807) is 0 Å². The number of imidazole rings is 1. The highest BCUT2D eigenvalue weighted by Gasteiger charge is 2.12. The number of aryl methyl sites for hydroxylation is 1. The molecule has 1 aromatic heterocycles. The predicted octanol–water partition coefficient (Wildman–Crippen LogP) is 2.36. The lowest BCUT2D eigenvalue weighted by Gasteiger charge is -2.24. The van der Waals surface area contributed by atoms with Gasteiger partial charge in [-0.1, -0.05) is 20.8 Å². The summed E-state index contributed by atoms with van der Waals surface area (Å²) in [6.45, 7) is 9.81. The van der Waals surface area contributed by atoms with Crippen LogP contribution in [0.1, 0.15) is 39.3 Å². The largest absolute Gasteiger partial charge is 0.333 e. The topological polar surface area (TPSA) is 33.1 Å². The summed E-state index contributed by atoms with van der Waals surface area (Å²) in [5, 5.41) is 3.68. The zero-order valence-electron chi connectivity index (χ0n) is 13.2. The Morgan fingerprint density at radius 1 is 1.37 bits per heavy atom. The minimum Gasteiger partial charge on any atom is -0.333 e. The van der Waals surface area contributed by atoms with Gasteiger partial charge in [0.1, 0.15) is 0 Å². The average molecular weight is 266 g/mol. The molecule has 0 aliphatic rings. The molecule has 0 aliphatic heterocycles. The monoisotopic (exact) mass is 266 g/mol. The molecule has 0 bridgehead atoms. The minimum absolute atomic E-state index is 0.542. The second-order valence-electron chi connectivity index (χ2n) is 6.05. The van der Waals surface area contributed by atoms with Crippen LogP contribution in [0.2, 0.25) is 0 Å². The standard InChI is InChI=1S/C15H30N4/c1-6-7-19-12-16-9-15(19)10-17-14(8-13(2)3)11-18(4)5/h9,12-14,17H,6-8,10-11H2,1-5H3. The van der Waals surface area contributed by atoms with Crippen LogP contribution < -0.4 is 5.32 Å². The van der Waals surface area contributed by atoms with Crippen LogP contribution in [0.5, 0.6) is 0 Å². The summed E-state index contributed by atoms with van der Waals surface area (Å²) in [5.41, 5.74) is 1.29. The van der Waals surface area contributed by atoms with Crippen molar-refractivity contribution in [2.75, 3.05) is 20.6 Å². The SMILES string of the molecule is CCCn1cncc1CNC(CC(C)C)CN(C)C. The molecule has 0 spiro atoms. The van der Waals surface area contributed by atoms with E-state index in [9.17, 15) is 0 Å². The van der Waals surface area contributed by atoms with Gasteiger partial charge in [0.05, 0.1) is 12.0 Å². The third-order valence-electron chi connectivity index (χ3n) is 3.18. The highest BCUT2D eigenvalue weighted by molar-refractivity contribution is 4.98. The van der Waals surface area contributed by atoms with Crippen LogP contribution in [0, 0.1) is 5.92 Å². The summed E-state index contributed by atoms with van der Waals surface area (Å²) < 4.78 is 2.25. The van der Waals surface area contributed by atoms with Gasteiger partial charge in [0.25, 0.3) is 0 Å². The van der Waals surface area contributed by atoms with Gasteiger partial charge in [-0.25, -0.2) is 4.98 Å². The van der Waals surface area contributed by atoms with E-state index in [0.717, 1.165) is 32.0 Å². The maximum absolute atomic E-state index is 4.25. The Kier molecular flexibility index (Phi) is 7.10. The van der Waals surface area contributed by atoms with Crippen molar-refractivity contribution in [3.05, 3.63) is 18.2 Å². The van der Waals surface area contributed by atoms with Crippen molar-refractivity contribution in [1.82, 2.24) is 19.8 Å². The molecule has 0 fully saturated rings. The molecule has 0 aliphatic carbocycles. The third kappa shape index (κ3) is 6.21. The average Bonchev–Trinajstić information content (AvgIpc) is 2.72. The van der Waals surface area contributed by atoms with Gasteiger partial charge < -0.3 is 14.8 Å². The highest BCUT2D eigenvalue weighted by atomic mass is 15.1. The summed E-state index contributed by atoms with van der Waals surface area (Å²) in [5.74, 6) is 0.720. The van der Waals surface area contributed by atoms with Gasteiger partial charge >= 0.3 is 0 Å². The fraction of sp³-hybridized carbons (Fsp3) is 0.800. The molecule has 0 amide bonds. The third-order valence-corrected chi connectivity index (χ3v) is 3.18. The Morgan fingerprint density at radius 2 is 2.11 bits per heavy atom. The Labute approximate surface area is 118 Å². The number of likely N-dealkylation sites (N-methyl/N-ethyl adjacent to an activating group) is 1. The second kappa shape index (κ2) is 8.33. The molecule has 0 saturated carbocycles. The fourth-order valence-corrected chi connectivity index (χ4v) is 2.42. The van der Waals surface area contributed by atoms with Gasteiger partial charge in [0.15, 0.2) is 0 Å². The molecule has 1 N–H and O–H groups in total. The zero-order valence-corrected chi connectivity index (χ0v) is 13.2. The van der Waals surface area contributed by atoms with Crippen molar-refractivity contribution in [3.8, 4) is 0 Å². The Hall–Kier alpha value is -0.870. The van der Waals surface area contributed by atoms with Gasteiger partial charge in [-0.15, -0.1) is 0 Å². The summed E-state index contributed by atoms with van der Waals surface area (Å²) in [6.07, 6.45) is 6.27. The van der Waals surface area contributed by atoms with Crippen LogP contribution in [0.3, 0.4) is 0 Å². The van der Waals surface area contributed by atoms with Crippen molar-refractivity contribution in [2.45, 2.75) is 52.7 Å². The molecule has 1 unspecified atom stereocenters. The van der Waals surface area contributed by atoms with E-state index in [1.165, 1.54) is 12.1 Å². The Bertz CT molecular complexity index is 334. The number of hydrogen-bond acceptors (Lipinski definition) is 3. The molecule has 0 radical (unpaired) electrons. The van der Waals surface area contributed by atoms with Crippen molar-refractivity contribution in [3.63, 3.8) is 0 Å². The lowest BCUT2D eigenvalue weighted by atomic mass is 10.0. The first-order valence-electron chi connectivity index (χ1n) is 7.40. The summed E-state index contributed by atoms with van der Waals surface area (Å²) in [7, 11) is 4.27. The molecule has 4 heteroatoms. The lowest BCUT2D eigenvalue weighted by Crippen LogP contribution is -2.39. The molecular formula is C15H30N4. The lowest BCUT2D eigenvalue weighted by molar-refractivity contribution is 0.303. The first-order valence-corrected chi connectivity index (χ1v) is 7.40. The Morgan fingerprint density at radius 3 is 2.68 bits per heavy atom. The molecule has 4 nitrogen and oxygen atoms in total. The molecule has 1 atom stereocenters. The molecule has 1 rings (SSSR count). The predicted molar refractivity (Wildman–Crippen MR) is 81.2 cm³/mol. The fourth-order valence-electron chi connectivity index (χ4n) is 2.42. The summed E-state index contributed by atoms with van der Waals surface area (Å²) in [4.78, 5) is 6.51. The van der Waals surface area contributed by atoms with Crippen molar-refractivity contribution in [2.24, 2.45) is 5.92 Å². The maximum atomic E-state index is 4.25. The minimum atomic E-state index is 0.542. The van der Waals surface area contributed by atoms with E-state index >= 15 is 0 Å². The number of hydrogen-bond donors (Lipinski definition) is 1.